The normalized spacial score (nSPS) is 14.6. The van der Waals surface area contributed by atoms with Crippen LogP contribution in [0.15, 0.2) is 58.1 Å². The maximum atomic E-state index is 15.6. The number of ether oxygens (including phenoxy) is 1. The van der Waals surface area contributed by atoms with Crippen molar-refractivity contribution in [3.05, 3.63) is 97.6 Å². The van der Waals surface area contributed by atoms with Crippen LogP contribution in [-0.2, 0) is 25.4 Å². The number of aryl methyl sites for hydroxylation is 1. The van der Waals surface area contributed by atoms with Crippen molar-refractivity contribution in [1.29, 1.82) is 0 Å². The lowest BCUT2D eigenvalue weighted by atomic mass is 9.90. The number of hydrogen-bond acceptors (Lipinski definition) is 7. The fourth-order valence-corrected chi connectivity index (χ4v) is 5.60. The van der Waals surface area contributed by atoms with E-state index in [9.17, 15) is 19.2 Å². The molecule has 3 N–H and O–H groups in total. The molecule has 0 bridgehead atoms. The van der Waals surface area contributed by atoms with E-state index >= 15 is 4.39 Å². The number of rotatable bonds is 8. The van der Waals surface area contributed by atoms with Gasteiger partial charge in [0, 0.05) is 50.9 Å². The van der Waals surface area contributed by atoms with Crippen molar-refractivity contribution in [3.8, 4) is 28.0 Å². The van der Waals surface area contributed by atoms with E-state index in [2.05, 4.69) is 21.0 Å². The zero-order valence-corrected chi connectivity index (χ0v) is 25.8. The Bertz CT molecular complexity index is 1920. The van der Waals surface area contributed by atoms with Crippen LogP contribution >= 0.6 is 0 Å². The SMILES string of the molecule is COc1cc(-c2cccc(-c3cccc(NC(=O)c4nn(C)c(=O)n(C)c4=O)c3C)c2C)cc(F)c1CN[C@@H]1CCC(=O)NC1. The summed E-state index contributed by atoms with van der Waals surface area (Å²) >= 11 is 0. The number of benzene rings is 3. The number of nitrogens with one attached hydrogen (secondary N) is 3. The Morgan fingerprint density at radius 1 is 1.04 bits per heavy atom. The molecular formula is C33H35FN6O5. The minimum Gasteiger partial charge on any atom is -0.496 e. The molecule has 1 aliphatic rings. The Morgan fingerprint density at radius 2 is 1.73 bits per heavy atom. The van der Waals surface area contributed by atoms with Crippen LogP contribution in [0.1, 0.15) is 40.0 Å². The van der Waals surface area contributed by atoms with Gasteiger partial charge < -0.3 is 20.7 Å². The van der Waals surface area contributed by atoms with Crippen LogP contribution in [0, 0.1) is 19.7 Å². The van der Waals surface area contributed by atoms with E-state index in [1.807, 2.05) is 44.2 Å². The molecule has 0 aliphatic carbocycles. The molecule has 4 aromatic rings. The predicted octanol–water partition coefficient (Wildman–Crippen LogP) is 3.20. The molecule has 45 heavy (non-hydrogen) atoms. The molecule has 1 aromatic heterocycles. The van der Waals surface area contributed by atoms with E-state index in [0.29, 0.717) is 42.0 Å². The Labute approximate surface area is 259 Å². The summed E-state index contributed by atoms with van der Waals surface area (Å²) in [6, 6.07) is 14.6. The van der Waals surface area contributed by atoms with E-state index in [0.717, 1.165) is 37.1 Å². The van der Waals surface area contributed by atoms with Gasteiger partial charge >= 0.3 is 5.69 Å². The third-order valence-corrected chi connectivity index (χ3v) is 8.26. The van der Waals surface area contributed by atoms with Gasteiger partial charge in [-0.05, 0) is 71.8 Å². The number of anilines is 1. The first-order valence-electron chi connectivity index (χ1n) is 14.5. The highest BCUT2D eigenvalue weighted by Gasteiger charge is 2.22. The minimum atomic E-state index is -0.792. The van der Waals surface area contributed by atoms with Crippen molar-refractivity contribution >= 4 is 17.5 Å². The molecule has 12 heteroatoms. The molecule has 5 rings (SSSR count). The van der Waals surface area contributed by atoms with Gasteiger partial charge in [-0.15, -0.1) is 0 Å². The van der Waals surface area contributed by atoms with Crippen molar-refractivity contribution < 1.29 is 18.7 Å². The van der Waals surface area contributed by atoms with Gasteiger partial charge in [0.2, 0.25) is 11.6 Å². The first kappa shape index (κ1) is 31.3. The summed E-state index contributed by atoms with van der Waals surface area (Å²) < 4.78 is 22.9. The van der Waals surface area contributed by atoms with Crippen molar-refractivity contribution in [2.45, 2.75) is 39.3 Å². The molecule has 11 nitrogen and oxygen atoms in total. The molecule has 2 amide bonds. The van der Waals surface area contributed by atoms with Gasteiger partial charge in [0.25, 0.3) is 11.5 Å². The van der Waals surface area contributed by atoms with Gasteiger partial charge in [-0.1, -0.05) is 30.3 Å². The summed E-state index contributed by atoms with van der Waals surface area (Å²) in [6.45, 7) is 4.56. The Balaban J connectivity index is 1.44. The van der Waals surface area contributed by atoms with Crippen molar-refractivity contribution in [2.75, 3.05) is 19.0 Å². The number of nitrogens with zero attached hydrogens (tertiary/aromatic N) is 3. The van der Waals surface area contributed by atoms with Crippen LogP contribution in [0.2, 0.25) is 0 Å². The molecule has 1 atom stereocenters. The second-order valence-electron chi connectivity index (χ2n) is 11.1. The number of aromatic nitrogens is 3. The minimum absolute atomic E-state index is 0.0242. The number of piperidine rings is 1. The van der Waals surface area contributed by atoms with Crippen LogP contribution in [0.4, 0.5) is 10.1 Å². The largest absolute Gasteiger partial charge is 0.496 e. The summed E-state index contributed by atoms with van der Waals surface area (Å²) in [5.74, 6) is -0.694. The van der Waals surface area contributed by atoms with Crippen LogP contribution in [0.5, 0.6) is 5.75 Å². The van der Waals surface area contributed by atoms with Gasteiger partial charge in [-0.3, -0.25) is 19.0 Å². The Kier molecular flexibility index (Phi) is 8.96. The summed E-state index contributed by atoms with van der Waals surface area (Å²) in [6.07, 6.45) is 1.12. The van der Waals surface area contributed by atoms with Crippen LogP contribution < -0.4 is 31.9 Å². The number of carbonyl (C=O) groups excluding carboxylic acids is 2. The highest BCUT2D eigenvalue weighted by molar-refractivity contribution is 6.03. The van der Waals surface area contributed by atoms with E-state index in [4.69, 9.17) is 4.74 Å². The molecule has 1 fully saturated rings. The van der Waals surface area contributed by atoms with Crippen LogP contribution in [-0.4, -0.2) is 45.9 Å². The van der Waals surface area contributed by atoms with Gasteiger partial charge in [0.15, 0.2) is 0 Å². The zero-order valence-electron chi connectivity index (χ0n) is 25.8. The van der Waals surface area contributed by atoms with Crippen molar-refractivity contribution in [3.63, 3.8) is 0 Å². The zero-order chi connectivity index (χ0) is 32.4. The number of methoxy groups -OCH3 is 1. The standard InChI is InChI=1S/C33H35FN6O5/c1-18-22(20-14-26(34)25(28(15-20)45-5)17-35-21-12-13-29(41)36-16-21)8-6-9-23(18)24-10-7-11-27(19(24)2)37-31(42)30-32(43)39(3)33(44)40(4)38-30/h6-11,14-15,21,35H,12-13,16-17H2,1-5H3,(H,36,41)(H,37,42)/t21-/m1/s1. The molecule has 0 radical (unpaired) electrons. The van der Waals surface area contributed by atoms with Crippen molar-refractivity contribution in [1.82, 2.24) is 25.0 Å². The lowest BCUT2D eigenvalue weighted by Gasteiger charge is -2.24. The monoisotopic (exact) mass is 614 g/mol. The Morgan fingerprint density at radius 3 is 2.42 bits per heavy atom. The number of hydrogen-bond donors (Lipinski definition) is 3. The van der Waals surface area contributed by atoms with E-state index in [-0.39, 0.29) is 18.5 Å². The average Bonchev–Trinajstić information content (AvgIpc) is 3.03. The maximum absolute atomic E-state index is 15.6. The topological polar surface area (TPSA) is 136 Å². The smallest absolute Gasteiger partial charge is 0.346 e. The lowest BCUT2D eigenvalue weighted by Crippen LogP contribution is -2.45. The Hall–Kier alpha value is -5.10. The molecule has 0 spiro atoms. The van der Waals surface area contributed by atoms with E-state index in [1.165, 1.54) is 27.3 Å². The van der Waals surface area contributed by atoms with Gasteiger partial charge in [0.05, 0.1) is 7.11 Å². The van der Waals surface area contributed by atoms with Gasteiger partial charge in [-0.2, -0.15) is 5.10 Å². The van der Waals surface area contributed by atoms with Crippen LogP contribution in [0.3, 0.4) is 0 Å². The first-order valence-corrected chi connectivity index (χ1v) is 14.5. The summed E-state index contributed by atoms with van der Waals surface area (Å²) in [4.78, 5) is 49.1. The number of amides is 2. The summed E-state index contributed by atoms with van der Waals surface area (Å²) in [7, 11) is 4.16. The van der Waals surface area contributed by atoms with Crippen molar-refractivity contribution in [2.24, 2.45) is 14.1 Å². The fraction of sp³-hybridized carbons (Fsp3) is 0.303. The fourth-order valence-electron chi connectivity index (χ4n) is 5.60. The van der Waals surface area contributed by atoms with E-state index < -0.39 is 28.7 Å². The molecule has 0 unspecified atom stereocenters. The highest BCUT2D eigenvalue weighted by atomic mass is 19.1. The van der Waals surface area contributed by atoms with Gasteiger partial charge in [-0.25, -0.2) is 13.9 Å². The van der Waals surface area contributed by atoms with Crippen LogP contribution in [0.25, 0.3) is 22.3 Å². The van der Waals surface area contributed by atoms with Gasteiger partial charge in [0.1, 0.15) is 11.6 Å². The number of halogens is 1. The average molecular weight is 615 g/mol. The third-order valence-electron chi connectivity index (χ3n) is 8.26. The number of carbonyl (C=O) groups is 2. The predicted molar refractivity (Wildman–Crippen MR) is 169 cm³/mol. The second kappa shape index (κ2) is 12.9. The summed E-state index contributed by atoms with van der Waals surface area (Å²) in [5.41, 5.74) is 3.87. The molecule has 1 aliphatic heterocycles. The molecular weight excluding hydrogens is 579 g/mol. The third kappa shape index (κ3) is 6.27. The molecule has 0 saturated carbocycles. The quantitative estimate of drug-likeness (QED) is 0.277. The molecule has 2 heterocycles. The lowest BCUT2D eigenvalue weighted by molar-refractivity contribution is -0.122. The molecule has 1 saturated heterocycles. The molecule has 3 aromatic carbocycles. The van der Waals surface area contributed by atoms with E-state index in [1.54, 1.807) is 12.1 Å². The summed E-state index contributed by atoms with van der Waals surface area (Å²) in [5, 5.41) is 12.8. The maximum Gasteiger partial charge on any atom is 0.346 e. The highest BCUT2D eigenvalue weighted by Crippen LogP contribution is 2.37. The second-order valence-corrected chi connectivity index (χ2v) is 11.1. The molecule has 234 valence electrons. The first-order chi connectivity index (χ1) is 21.5.